The van der Waals surface area contributed by atoms with Crippen molar-refractivity contribution in [1.82, 2.24) is 10.2 Å². The van der Waals surface area contributed by atoms with E-state index in [0.717, 1.165) is 45.5 Å². The second kappa shape index (κ2) is 7.84. The van der Waals surface area contributed by atoms with E-state index in [1.54, 1.807) is 0 Å². The van der Waals surface area contributed by atoms with E-state index >= 15 is 0 Å². The Bertz CT molecular complexity index is 300. The Labute approximate surface area is 118 Å². The molecule has 0 aromatic rings. The lowest BCUT2D eigenvalue weighted by Gasteiger charge is -2.33. The van der Waals surface area contributed by atoms with Gasteiger partial charge in [0.25, 0.3) is 0 Å². The van der Waals surface area contributed by atoms with E-state index in [0.29, 0.717) is 12.1 Å². The predicted octanol–water partition coefficient (Wildman–Crippen LogP) is 2.16. The number of hydrogen-bond donors (Lipinski definition) is 1. The summed E-state index contributed by atoms with van der Waals surface area (Å²) in [6.45, 7) is 12.3. The maximum Gasteiger partial charge on any atom is 0.104 e. The fourth-order valence-electron chi connectivity index (χ4n) is 2.68. The summed E-state index contributed by atoms with van der Waals surface area (Å²) in [5.41, 5.74) is -0.398. The molecule has 1 aliphatic rings. The Morgan fingerprint density at radius 1 is 1.53 bits per heavy atom. The molecule has 0 aliphatic carbocycles. The largest absolute Gasteiger partial charge is 0.376 e. The predicted molar refractivity (Wildman–Crippen MR) is 78.0 cm³/mol. The molecule has 1 fully saturated rings. The molecule has 0 bridgehead atoms. The lowest BCUT2D eigenvalue weighted by molar-refractivity contribution is -0.0302. The second-order valence-electron chi connectivity index (χ2n) is 6.05. The molecule has 0 aromatic carbocycles. The molecule has 1 N–H and O–H groups in total. The van der Waals surface area contributed by atoms with Crippen LogP contribution in [-0.4, -0.2) is 48.8 Å². The molecule has 0 spiro atoms. The number of morpholine rings is 1. The zero-order valence-corrected chi connectivity index (χ0v) is 12.9. The highest BCUT2D eigenvalue weighted by atomic mass is 16.5. The standard InChI is InChI=1S/C15H29N3O/c1-5-14-11-18(9-10-19-14)8-6-7-15(4,12-16)17-13(2)3/h13-14,17H,5-11H2,1-4H3. The summed E-state index contributed by atoms with van der Waals surface area (Å²) in [4.78, 5) is 2.46. The fraction of sp³-hybridized carbons (Fsp3) is 0.933. The van der Waals surface area contributed by atoms with Crippen LogP contribution in [0.15, 0.2) is 0 Å². The first-order valence-corrected chi connectivity index (χ1v) is 7.52. The number of rotatable bonds is 7. The number of nitrogens with one attached hydrogen (secondary N) is 1. The van der Waals surface area contributed by atoms with Gasteiger partial charge in [0.2, 0.25) is 0 Å². The van der Waals surface area contributed by atoms with Gasteiger partial charge in [-0.05, 0) is 46.6 Å². The maximum absolute atomic E-state index is 9.31. The molecule has 0 aromatic heterocycles. The second-order valence-corrected chi connectivity index (χ2v) is 6.05. The fourth-order valence-corrected chi connectivity index (χ4v) is 2.68. The third kappa shape index (κ3) is 5.90. The molecule has 1 rings (SSSR count). The van der Waals surface area contributed by atoms with Crippen LogP contribution in [0.4, 0.5) is 0 Å². The molecule has 110 valence electrons. The van der Waals surface area contributed by atoms with E-state index in [1.165, 1.54) is 0 Å². The lowest BCUT2D eigenvalue weighted by Crippen LogP contribution is -2.46. The Hall–Kier alpha value is -0.630. The van der Waals surface area contributed by atoms with Gasteiger partial charge >= 0.3 is 0 Å². The van der Waals surface area contributed by atoms with Crippen molar-refractivity contribution < 1.29 is 4.74 Å². The average Bonchev–Trinajstić information content (AvgIpc) is 2.38. The Morgan fingerprint density at radius 2 is 2.26 bits per heavy atom. The number of ether oxygens (including phenoxy) is 1. The highest BCUT2D eigenvalue weighted by Gasteiger charge is 2.25. The maximum atomic E-state index is 9.31. The zero-order chi connectivity index (χ0) is 14.3. The van der Waals surface area contributed by atoms with Crippen LogP contribution in [0.2, 0.25) is 0 Å². The van der Waals surface area contributed by atoms with Crippen LogP contribution in [0.5, 0.6) is 0 Å². The van der Waals surface area contributed by atoms with Crippen molar-refractivity contribution in [1.29, 1.82) is 5.26 Å². The van der Waals surface area contributed by atoms with Crippen LogP contribution in [0, 0.1) is 11.3 Å². The van der Waals surface area contributed by atoms with Crippen molar-refractivity contribution in [3.8, 4) is 6.07 Å². The van der Waals surface area contributed by atoms with Crippen LogP contribution in [0.1, 0.15) is 47.0 Å². The van der Waals surface area contributed by atoms with Gasteiger partial charge in [0.05, 0.1) is 18.8 Å². The molecule has 1 saturated heterocycles. The molecule has 1 heterocycles. The minimum Gasteiger partial charge on any atom is -0.376 e. The van der Waals surface area contributed by atoms with Crippen LogP contribution >= 0.6 is 0 Å². The number of nitriles is 1. The molecule has 0 amide bonds. The summed E-state index contributed by atoms with van der Waals surface area (Å²) < 4.78 is 5.67. The van der Waals surface area contributed by atoms with Gasteiger partial charge in [-0.3, -0.25) is 10.2 Å². The first-order valence-electron chi connectivity index (χ1n) is 7.52. The highest BCUT2D eigenvalue weighted by Crippen LogP contribution is 2.15. The van der Waals surface area contributed by atoms with Crippen LogP contribution in [-0.2, 0) is 4.74 Å². The topological polar surface area (TPSA) is 48.3 Å². The number of hydrogen-bond acceptors (Lipinski definition) is 4. The van der Waals surface area contributed by atoms with Gasteiger partial charge < -0.3 is 4.74 Å². The molecule has 0 saturated carbocycles. The van der Waals surface area contributed by atoms with Gasteiger partial charge in [0, 0.05) is 19.1 Å². The Kier molecular flexibility index (Phi) is 6.78. The summed E-state index contributed by atoms with van der Waals surface area (Å²) in [5.74, 6) is 0. The van der Waals surface area contributed by atoms with Crippen LogP contribution in [0.25, 0.3) is 0 Å². The molecular weight excluding hydrogens is 238 g/mol. The van der Waals surface area contributed by atoms with E-state index in [-0.39, 0.29) is 0 Å². The SMILES string of the molecule is CCC1CN(CCCC(C)(C#N)NC(C)C)CCO1. The summed E-state index contributed by atoms with van der Waals surface area (Å²) >= 11 is 0. The minimum atomic E-state index is -0.398. The zero-order valence-electron chi connectivity index (χ0n) is 12.9. The summed E-state index contributed by atoms with van der Waals surface area (Å²) in [6.07, 6.45) is 3.43. The highest BCUT2D eigenvalue weighted by molar-refractivity contribution is 5.04. The monoisotopic (exact) mass is 267 g/mol. The summed E-state index contributed by atoms with van der Waals surface area (Å²) in [5, 5.41) is 12.7. The normalized spacial score (nSPS) is 24.1. The molecule has 4 heteroatoms. The first kappa shape index (κ1) is 16.4. The molecule has 0 radical (unpaired) electrons. The summed E-state index contributed by atoms with van der Waals surface area (Å²) in [6, 6.07) is 2.76. The molecule has 1 aliphatic heterocycles. The van der Waals surface area contributed by atoms with Crippen molar-refractivity contribution in [2.45, 2.75) is 64.6 Å². The lowest BCUT2D eigenvalue weighted by atomic mass is 9.96. The molecule has 2 atom stereocenters. The Balaban J connectivity index is 2.30. The quantitative estimate of drug-likeness (QED) is 0.768. The van der Waals surface area contributed by atoms with Gasteiger partial charge in [0.1, 0.15) is 5.54 Å². The summed E-state index contributed by atoms with van der Waals surface area (Å²) in [7, 11) is 0. The van der Waals surface area contributed by atoms with Gasteiger partial charge in [0.15, 0.2) is 0 Å². The van der Waals surface area contributed by atoms with Crippen LogP contribution in [0.3, 0.4) is 0 Å². The van der Waals surface area contributed by atoms with Gasteiger partial charge in [-0.15, -0.1) is 0 Å². The molecular formula is C15H29N3O. The molecule has 19 heavy (non-hydrogen) atoms. The number of nitrogens with zero attached hydrogens (tertiary/aromatic N) is 2. The van der Waals surface area contributed by atoms with E-state index in [4.69, 9.17) is 4.74 Å². The van der Waals surface area contributed by atoms with Crippen molar-refractivity contribution in [3.05, 3.63) is 0 Å². The van der Waals surface area contributed by atoms with Crippen molar-refractivity contribution in [2.75, 3.05) is 26.2 Å². The third-order valence-corrected chi connectivity index (χ3v) is 3.68. The van der Waals surface area contributed by atoms with Crippen LogP contribution < -0.4 is 5.32 Å². The molecule has 2 unspecified atom stereocenters. The average molecular weight is 267 g/mol. The van der Waals surface area contributed by atoms with E-state index in [9.17, 15) is 5.26 Å². The van der Waals surface area contributed by atoms with E-state index < -0.39 is 5.54 Å². The van der Waals surface area contributed by atoms with E-state index in [1.807, 2.05) is 6.92 Å². The van der Waals surface area contributed by atoms with Gasteiger partial charge in [-0.2, -0.15) is 5.26 Å². The first-order chi connectivity index (χ1) is 8.99. The van der Waals surface area contributed by atoms with Gasteiger partial charge in [-0.1, -0.05) is 6.92 Å². The molecule has 4 nitrogen and oxygen atoms in total. The van der Waals surface area contributed by atoms with Crippen molar-refractivity contribution >= 4 is 0 Å². The smallest absolute Gasteiger partial charge is 0.104 e. The van der Waals surface area contributed by atoms with Crippen molar-refractivity contribution in [3.63, 3.8) is 0 Å². The Morgan fingerprint density at radius 3 is 2.84 bits per heavy atom. The van der Waals surface area contributed by atoms with Crippen molar-refractivity contribution in [2.24, 2.45) is 0 Å². The minimum absolute atomic E-state index is 0.345. The van der Waals surface area contributed by atoms with Gasteiger partial charge in [-0.25, -0.2) is 0 Å². The third-order valence-electron chi connectivity index (χ3n) is 3.68. The van der Waals surface area contributed by atoms with E-state index in [2.05, 4.69) is 37.1 Å².